The summed E-state index contributed by atoms with van der Waals surface area (Å²) in [6.07, 6.45) is 1.78. The van der Waals surface area contributed by atoms with E-state index in [0.717, 1.165) is 16.8 Å². The zero-order chi connectivity index (χ0) is 16.2. The summed E-state index contributed by atoms with van der Waals surface area (Å²) < 4.78 is 0. The van der Waals surface area contributed by atoms with Crippen molar-refractivity contribution in [1.29, 1.82) is 0 Å². The van der Waals surface area contributed by atoms with Crippen LogP contribution in [0.1, 0.15) is 5.56 Å². The van der Waals surface area contributed by atoms with Gasteiger partial charge in [-0.1, -0.05) is 23.7 Å². The Labute approximate surface area is 141 Å². The summed E-state index contributed by atoms with van der Waals surface area (Å²) >= 11 is 7.20. The van der Waals surface area contributed by atoms with E-state index in [1.807, 2.05) is 5.38 Å². The monoisotopic (exact) mass is 345 g/mol. The second-order valence-corrected chi connectivity index (χ2v) is 6.05. The second-order valence-electron chi connectivity index (χ2n) is 4.80. The van der Waals surface area contributed by atoms with E-state index in [0.29, 0.717) is 10.3 Å². The molecule has 0 bridgehead atoms. The van der Waals surface area contributed by atoms with E-state index < -0.39 is 0 Å². The maximum Gasteiger partial charge on any atom is 0.230 e. The van der Waals surface area contributed by atoms with Gasteiger partial charge >= 0.3 is 0 Å². The molecule has 0 aliphatic carbocycles. The fourth-order valence-corrected chi connectivity index (χ4v) is 2.95. The Morgan fingerprint density at radius 3 is 2.96 bits per heavy atom. The summed E-state index contributed by atoms with van der Waals surface area (Å²) in [7, 11) is 0. The summed E-state index contributed by atoms with van der Waals surface area (Å²) in [4.78, 5) is 20.3. The maximum atomic E-state index is 12.0. The molecule has 0 radical (unpaired) electrons. The molecule has 1 aromatic carbocycles. The number of anilines is 1. The quantitative estimate of drug-likeness (QED) is 0.706. The van der Waals surface area contributed by atoms with Gasteiger partial charge in [0, 0.05) is 17.1 Å². The van der Waals surface area contributed by atoms with Crippen molar-refractivity contribution >= 4 is 34.0 Å². The number of carbonyl (C=O) groups excluding carboxylic acids is 1. The number of nitrogens with one attached hydrogen (secondary N) is 1. The number of amides is 1. The van der Waals surface area contributed by atoms with E-state index in [4.69, 9.17) is 11.6 Å². The molecule has 3 rings (SSSR count). The minimum atomic E-state index is -0.190. The largest absolute Gasteiger partial charge is 0.508 e. The van der Waals surface area contributed by atoms with Crippen LogP contribution < -0.4 is 5.32 Å². The number of halogens is 1. The molecule has 116 valence electrons. The van der Waals surface area contributed by atoms with Gasteiger partial charge in [0.2, 0.25) is 5.91 Å². The molecule has 3 aromatic rings. The summed E-state index contributed by atoms with van der Waals surface area (Å²) in [5.74, 6) is -0.0503. The van der Waals surface area contributed by atoms with Crippen LogP contribution in [0.25, 0.3) is 11.3 Å². The van der Waals surface area contributed by atoms with Gasteiger partial charge in [0.1, 0.15) is 10.9 Å². The Hall–Kier alpha value is -2.44. The standard InChI is InChI=1S/C16H12ClN3O2S/c17-14-8-11(4-5-18-14)13-9-23-16(19-13)20-15(22)7-10-2-1-3-12(21)6-10/h1-6,8-9,21H,7H2,(H,19,20,22). The van der Waals surface area contributed by atoms with Crippen molar-refractivity contribution in [2.75, 3.05) is 5.32 Å². The van der Waals surface area contributed by atoms with Crippen LogP contribution in [0.15, 0.2) is 48.0 Å². The van der Waals surface area contributed by atoms with E-state index in [2.05, 4.69) is 15.3 Å². The number of hydrogen-bond donors (Lipinski definition) is 2. The molecule has 2 aromatic heterocycles. The zero-order valence-corrected chi connectivity index (χ0v) is 13.4. The molecule has 0 saturated carbocycles. The van der Waals surface area contributed by atoms with Crippen molar-refractivity contribution in [3.8, 4) is 17.0 Å². The molecular weight excluding hydrogens is 334 g/mol. The number of rotatable bonds is 4. The van der Waals surface area contributed by atoms with Gasteiger partial charge in [0.05, 0.1) is 12.1 Å². The average Bonchev–Trinajstić information content (AvgIpc) is 2.95. The first-order chi connectivity index (χ1) is 11.1. The number of phenolic OH excluding ortho intramolecular Hbond substituents is 1. The molecule has 5 nitrogen and oxygen atoms in total. The first-order valence-electron chi connectivity index (χ1n) is 6.75. The highest BCUT2D eigenvalue weighted by molar-refractivity contribution is 7.14. The SMILES string of the molecule is O=C(Cc1cccc(O)c1)Nc1nc(-c2ccnc(Cl)c2)cs1. The van der Waals surface area contributed by atoms with Crippen LogP contribution in [-0.2, 0) is 11.2 Å². The van der Waals surface area contributed by atoms with Crippen LogP contribution in [0.2, 0.25) is 5.15 Å². The minimum Gasteiger partial charge on any atom is -0.508 e. The van der Waals surface area contributed by atoms with Crippen LogP contribution in [0.3, 0.4) is 0 Å². The number of aromatic hydroxyl groups is 1. The molecule has 1 amide bonds. The molecule has 2 N–H and O–H groups in total. The van der Waals surface area contributed by atoms with Gasteiger partial charge in [-0.3, -0.25) is 4.79 Å². The van der Waals surface area contributed by atoms with Crippen molar-refractivity contribution in [1.82, 2.24) is 9.97 Å². The normalized spacial score (nSPS) is 10.5. The predicted molar refractivity (Wildman–Crippen MR) is 90.8 cm³/mol. The van der Waals surface area contributed by atoms with Crippen LogP contribution >= 0.6 is 22.9 Å². The highest BCUT2D eigenvalue weighted by Crippen LogP contribution is 2.26. The number of nitrogens with zero attached hydrogens (tertiary/aromatic N) is 2. The predicted octanol–water partition coefficient (Wildman–Crippen LogP) is 3.75. The Kier molecular flexibility index (Phi) is 4.55. The maximum absolute atomic E-state index is 12.0. The smallest absolute Gasteiger partial charge is 0.230 e. The lowest BCUT2D eigenvalue weighted by Crippen LogP contribution is -2.14. The van der Waals surface area contributed by atoms with Gasteiger partial charge < -0.3 is 10.4 Å². The Balaban J connectivity index is 1.68. The van der Waals surface area contributed by atoms with E-state index in [-0.39, 0.29) is 18.1 Å². The summed E-state index contributed by atoms with van der Waals surface area (Å²) in [5, 5.41) is 14.9. The van der Waals surface area contributed by atoms with Crippen LogP contribution in [0.4, 0.5) is 5.13 Å². The van der Waals surface area contributed by atoms with E-state index >= 15 is 0 Å². The number of thiazole rings is 1. The van der Waals surface area contributed by atoms with Crippen LogP contribution in [-0.4, -0.2) is 21.0 Å². The average molecular weight is 346 g/mol. The fourth-order valence-electron chi connectivity index (χ4n) is 2.04. The second kappa shape index (κ2) is 6.76. The van der Waals surface area contributed by atoms with Crippen molar-refractivity contribution in [2.24, 2.45) is 0 Å². The minimum absolute atomic E-state index is 0.140. The molecule has 0 unspecified atom stereocenters. The van der Waals surface area contributed by atoms with Gasteiger partial charge in [-0.2, -0.15) is 0 Å². The Bertz CT molecular complexity index is 851. The van der Waals surface area contributed by atoms with E-state index in [1.165, 1.54) is 11.3 Å². The van der Waals surface area contributed by atoms with Crippen LogP contribution in [0, 0.1) is 0 Å². The lowest BCUT2D eigenvalue weighted by atomic mass is 10.1. The number of phenols is 1. The third kappa shape index (κ3) is 4.06. The highest BCUT2D eigenvalue weighted by Gasteiger charge is 2.09. The zero-order valence-electron chi connectivity index (χ0n) is 11.9. The van der Waals surface area contributed by atoms with Gasteiger partial charge in [-0.15, -0.1) is 11.3 Å². The van der Waals surface area contributed by atoms with Crippen molar-refractivity contribution < 1.29 is 9.90 Å². The molecule has 0 aliphatic heterocycles. The van der Waals surface area contributed by atoms with Gasteiger partial charge in [0.15, 0.2) is 5.13 Å². The molecular formula is C16H12ClN3O2S. The summed E-state index contributed by atoms with van der Waals surface area (Å²) in [5.41, 5.74) is 2.31. The van der Waals surface area contributed by atoms with Crippen molar-refractivity contribution in [3.05, 3.63) is 58.7 Å². The molecule has 0 saturated heterocycles. The third-order valence-corrected chi connectivity index (χ3v) is 4.01. The molecule has 7 heteroatoms. The van der Waals surface area contributed by atoms with Crippen LogP contribution in [0.5, 0.6) is 5.75 Å². The van der Waals surface area contributed by atoms with Gasteiger partial charge in [0.25, 0.3) is 0 Å². The van der Waals surface area contributed by atoms with Gasteiger partial charge in [-0.05, 0) is 29.8 Å². The number of benzene rings is 1. The number of carbonyl (C=O) groups is 1. The molecule has 0 atom stereocenters. The van der Waals surface area contributed by atoms with E-state index in [1.54, 1.807) is 42.6 Å². The fraction of sp³-hybridized carbons (Fsp3) is 0.0625. The van der Waals surface area contributed by atoms with E-state index in [9.17, 15) is 9.90 Å². The number of pyridine rings is 1. The highest BCUT2D eigenvalue weighted by atomic mass is 35.5. The first-order valence-corrected chi connectivity index (χ1v) is 8.01. The lowest BCUT2D eigenvalue weighted by molar-refractivity contribution is -0.115. The molecule has 23 heavy (non-hydrogen) atoms. The summed E-state index contributed by atoms with van der Waals surface area (Å²) in [6, 6.07) is 10.1. The van der Waals surface area contributed by atoms with Crippen molar-refractivity contribution in [3.63, 3.8) is 0 Å². The molecule has 0 fully saturated rings. The summed E-state index contributed by atoms with van der Waals surface area (Å²) in [6.45, 7) is 0. The molecule has 0 aliphatic rings. The Morgan fingerprint density at radius 2 is 2.17 bits per heavy atom. The Morgan fingerprint density at radius 1 is 1.30 bits per heavy atom. The van der Waals surface area contributed by atoms with Gasteiger partial charge in [-0.25, -0.2) is 9.97 Å². The lowest BCUT2D eigenvalue weighted by Gasteiger charge is -2.02. The first kappa shape index (κ1) is 15.5. The number of hydrogen-bond acceptors (Lipinski definition) is 5. The topological polar surface area (TPSA) is 75.1 Å². The third-order valence-electron chi connectivity index (χ3n) is 3.05. The molecule has 2 heterocycles. The number of aromatic nitrogens is 2. The van der Waals surface area contributed by atoms with Crippen molar-refractivity contribution in [2.45, 2.75) is 6.42 Å². The molecule has 0 spiro atoms.